The number of carbonyl (C=O) groups excluding carboxylic acids is 1. The molecule has 0 heterocycles. The Kier molecular flexibility index (Phi) is 5.22. The van der Waals surface area contributed by atoms with Crippen molar-refractivity contribution in [1.82, 2.24) is 9.80 Å². The van der Waals surface area contributed by atoms with Crippen LogP contribution in [0.2, 0.25) is 0 Å². The number of nitrogens with two attached hydrogens (primary N) is 1. The van der Waals surface area contributed by atoms with Crippen LogP contribution in [-0.2, 0) is 4.79 Å². The molecule has 2 N–H and O–H groups in total. The van der Waals surface area contributed by atoms with Crippen molar-refractivity contribution in [2.45, 2.75) is 44.7 Å². The Hall–Kier alpha value is -0.610. The second-order valence-electron chi connectivity index (χ2n) is 4.84. The molecule has 4 heteroatoms. The molecule has 2 unspecified atom stereocenters. The normalized spacial score (nSPS) is 25.8. The van der Waals surface area contributed by atoms with Crippen molar-refractivity contribution >= 4 is 5.91 Å². The van der Waals surface area contributed by atoms with Gasteiger partial charge < -0.3 is 10.6 Å². The maximum Gasteiger partial charge on any atom is 0.236 e. The first kappa shape index (κ1) is 13.5. The van der Waals surface area contributed by atoms with Crippen LogP contribution in [0.25, 0.3) is 0 Å². The van der Waals surface area contributed by atoms with Crippen molar-refractivity contribution in [3.63, 3.8) is 0 Å². The maximum atomic E-state index is 11.8. The lowest BCUT2D eigenvalue weighted by molar-refractivity contribution is -0.131. The van der Waals surface area contributed by atoms with E-state index in [0.717, 1.165) is 19.4 Å². The number of likely N-dealkylation sites (N-methyl/N-ethyl adjacent to an activating group) is 2. The van der Waals surface area contributed by atoms with Crippen molar-refractivity contribution in [3.8, 4) is 0 Å². The third-order valence-electron chi connectivity index (χ3n) is 3.63. The van der Waals surface area contributed by atoms with E-state index in [4.69, 9.17) is 5.73 Å². The Balaban J connectivity index is 2.44. The van der Waals surface area contributed by atoms with E-state index < -0.39 is 0 Å². The van der Waals surface area contributed by atoms with Gasteiger partial charge in [-0.3, -0.25) is 9.69 Å². The molecule has 1 aliphatic carbocycles. The number of carbonyl (C=O) groups is 1. The minimum Gasteiger partial charge on any atom is -0.345 e. The standard InChI is InChI=1S/C12H25N3O/c1-4-14(2)12(16)9-15(3)11-8-6-5-7-10(11)13/h10-11H,4-9,13H2,1-3H3. The highest BCUT2D eigenvalue weighted by Gasteiger charge is 2.26. The SMILES string of the molecule is CCN(C)C(=O)CN(C)C1CCCCC1N. The Morgan fingerprint density at radius 1 is 1.31 bits per heavy atom. The van der Waals surface area contributed by atoms with E-state index in [1.165, 1.54) is 12.8 Å². The Bertz CT molecular complexity index is 232. The highest BCUT2D eigenvalue weighted by Crippen LogP contribution is 2.20. The molecule has 1 aliphatic rings. The van der Waals surface area contributed by atoms with Crippen LogP contribution in [0, 0.1) is 0 Å². The molecule has 0 aromatic carbocycles. The van der Waals surface area contributed by atoms with Gasteiger partial charge in [0.05, 0.1) is 6.54 Å². The monoisotopic (exact) mass is 227 g/mol. The molecule has 16 heavy (non-hydrogen) atoms. The van der Waals surface area contributed by atoms with Gasteiger partial charge in [-0.15, -0.1) is 0 Å². The number of nitrogens with zero attached hydrogens (tertiary/aromatic N) is 2. The zero-order chi connectivity index (χ0) is 12.1. The molecule has 0 aliphatic heterocycles. The molecule has 1 amide bonds. The largest absolute Gasteiger partial charge is 0.345 e. The first-order valence-electron chi connectivity index (χ1n) is 6.26. The lowest BCUT2D eigenvalue weighted by Crippen LogP contribution is -2.50. The summed E-state index contributed by atoms with van der Waals surface area (Å²) in [6.45, 7) is 3.25. The van der Waals surface area contributed by atoms with Crippen LogP contribution in [0.4, 0.5) is 0 Å². The molecule has 0 radical (unpaired) electrons. The quantitative estimate of drug-likeness (QED) is 0.768. The number of rotatable bonds is 4. The third-order valence-corrected chi connectivity index (χ3v) is 3.63. The maximum absolute atomic E-state index is 11.8. The molecule has 0 aromatic heterocycles. The van der Waals surface area contributed by atoms with Gasteiger partial charge in [0.1, 0.15) is 0 Å². The molecule has 0 bridgehead atoms. The van der Waals surface area contributed by atoms with Gasteiger partial charge in [0, 0.05) is 25.7 Å². The van der Waals surface area contributed by atoms with Crippen molar-refractivity contribution in [2.75, 3.05) is 27.2 Å². The summed E-state index contributed by atoms with van der Waals surface area (Å²) in [6.07, 6.45) is 4.68. The molecule has 4 nitrogen and oxygen atoms in total. The summed E-state index contributed by atoms with van der Waals surface area (Å²) in [5.74, 6) is 0.183. The van der Waals surface area contributed by atoms with E-state index in [1.54, 1.807) is 4.90 Å². The minimum absolute atomic E-state index is 0.183. The van der Waals surface area contributed by atoms with Gasteiger partial charge in [0.15, 0.2) is 0 Å². The lowest BCUT2D eigenvalue weighted by Gasteiger charge is -2.36. The van der Waals surface area contributed by atoms with Gasteiger partial charge in [-0.2, -0.15) is 0 Å². The fourth-order valence-electron chi connectivity index (χ4n) is 2.31. The van der Waals surface area contributed by atoms with Crippen LogP contribution in [0.1, 0.15) is 32.6 Å². The summed E-state index contributed by atoms with van der Waals surface area (Å²) >= 11 is 0. The summed E-state index contributed by atoms with van der Waals surface area (Å²) in [5, 5.41) is 0. The van der Waals surface area contributed by atoms with E-state index in [-0.39, 0.29) is 11.9 Å². The molecule has 0 spiro atoms. The molecule has 0 aromatic rings. The third kappa shape index (κ3) is 3.46. The van der Waals surface area contributed by atoms with Crippen molar-refractivity contribution in [1.29, 1.82) is 0 Å². The molecule has 1 rings (SSSR count). The average Bonchev–Trinajstić information content (AvgIpc) is 2.28. The zero-order valence-corrected chi connectivity index (χ0v) is 10.8. The predicted molar refractivity (Wildman–Crippen MR) is 66.2 cm³/mol. The first-order valence-corrected chi connectivity index (χ1v) is 6.26. The molecular weight excluding hydrogens is 202 g/mol. The fourth-order valence-corrected chi connectivity index (χ4v) is 2.31. The van der Waals surface area contributed by atoms with Crippen LogP contribution in [0.3, 0.4) is 0 Å². The molecule has 2 atom stereocenters. The van der Waals surface area contributed by atoms with E-state index in [0.29, 0.717) is 12.6 Å². The van der Waals surface area contributed by atoms with Crippen molar-refractivity contribution in [2.24, 2.45) is 5.73 Å². The number of amides is 1. The second kappa shape index (κ2) is 6.21. The second-order valence-corrected chi connectivity index (χ2v) is 4.84. The minimum atomic E-state index is 0.183. The lowest BCUT2D eigenvalue weighted by atomic mass is 9.90. The van der Waals surface area contributed by atoms with Gasteiger partial charge in [-0.25, -0.2) is 0 Å². The smallest absolute Gasteiger partial charge is 0.236 e. The summed E-state index contributed by atoms with van der Waals surface area (Å²) in [4.78, 5) is 15.7. The zero-order valence-electron chi connectivity index (χ0n) is 10.8. The first-order chi connectivity index (χ1) is 7.56. The summed E-state index contributed by atoms with van der Waals surface area (Å²) in [6, 6.07) is 0.612. The van der Waals surface area contributed by atoms with Crippen molar-refractivity contribution < 1.29 is 4.79 Å². The highest BCUT2D eigenvalue weighted by atomic mass is 16.2. The molecular formula is C12H25N3O. The van der Waals surface area contributed by atoms with E-state index in [2.05, 4.69) is 4.90 Å². The Morgan fingerprint density at radius 3 is 2.50 bits per heavy atom. The number of hydrogen-bond donors (Lipinski definition) is 1. The van der Waals surface area contributed by atoms with Crippen LogP contribution in [0.5, 0.6) is 0 Å². The molecule has 1 fully saturated rings. The molecule has 0 saturated heterocycles. The summed E-state index contributed by atoms with van der Waals surface area (Å²) in [5.41, 5.74) is 6.10. The van der Waals surface area contributed by atoms with Gasteiger partial charge in [0.25, 0.3) is 0 Å². The van der Waals surface area contributed by atoms with Crippen LogP contribution < -0.4 is 5.73 Å². The molecule has 94 valence electrons. The summed E-state index contributed by atoms with van der Waals surface area (Å²) < 4.78 is 0. The van der Waals surface area contributed by atoms with Gasteiger partial charge in [-0.05, 0) is 26.8 Å². The Morgan fingerprint density at radius 2 is 1.94 bits per heavy atom. The van der Waals surface area contributed by atoms with Gasteiger partial charge >= 0.3 is 0 Å². The average molecular weight is 227 g/mol. The van der Waals surface area contributed by atoms with Gasteiger partial charge in [-0.1, -0.05) is 12.8 Å². The van der Waals surface area contributed by atoms with Crippen LogP contribution >= 0.6 is 0 Å². The molecule has 1 saturated carbocycles. The van der Waals surface area contributed by atoms with Crippen LogP contribution in [0.15, 0.2) is 0 Å². The predicted octanol–water partition coefficient (Wildman–Crippen LogP) is 0.666. The van der Waals surface area contributed by atoms with Crippen LogP contribution in [-0.4, -0.2) is 55.0 Å². The Labute approximate surface area is 98.8 Å². The topological polar surface area (TPSA) is 49.6 Å². The van der Waals surface area contributed by atoms with Crippen molar-refractivity contribution in [3.05, 3.63) is 0 Å². The van der Waals surface area contributed by atoms with E-state index >= 15 is 0 Å². The van der Waals surface area contributed by atoms with E-state index in [1.807, 2.05) is 21.0 Å². The number of hydrogen-bond acceptors (Lipinski definition) is 3. The van der Waals surface area contributed by atoms with E-state index in [9.17, 15) is 4.79 Å². The highest BCUT2D eigenvalue weighted by molar-refractivity contribution is 5.77. The summed E-state index contributed by atoms with van der Waals surface area (Å²) in [7, 11) is 3.86. The fraction of sp³-hybridized carbons (Fsp3) is 0.917. The van der Waals surface area contributed by atoms with Gasteiger partial charge in [0.2, 0.25) is 5.91 Å².